The molecule has 0 bridgehead atoms. The van der Waals surface area contributed by atoms with Gasteiger partial charge in [-0.15, -0.1) is 0 Å². The van der Waals surface area contributed by atoms with Crippen LogP contribution in [-0.4, -0.2) is 40.8 Å². The van der Waals surface area contributed by atoms with E-state index in [1.54, 1.807) is 20.8 Å². The highest BCUT2D eigenvalue weighted by Crippen LogP contribution is 2.44. The number of benzene rings is 2. The number of hydrogen-bond acceptors (Lipinski definition) is 4. The van der Waals surface area contributed by atoms with Gasteiger partial charge in [-0.05, 0) is 61.8 Å². The molecule has 7 nitrogen and oxygen atoms in total. The number of nitrogens with one attached hydrogen (secondary N) is 2. The Balaban J connectivity index is 1.34. The SMILES string of the molecule is CC(C)(CC(=O)NC(C)(CC(=O)O)C1CC1)NC(=O)OCC1c2ccccc2-c2ccccc21. The minimum Gasteiger partial charge on any atom is -0.481 e. The molecule has 2 aromatic rings. The van der Waals surface area contributed by atoms with E-state index in [2.05, 4.69) is 34.9 Å². The van der Waals surface area contributed by atoms with Crippen LogP contribution in [0.2, 0.25) is 0 Å². The first-order chi connectivity index (χ1) is 16.1. The van der Waals surface area contributed by atoms with Crippen molar-refractivity contribution in [3.63, 3.8) is 0 Å². The van der Waals surface area contributed by atoms with Crippen molar-refractivity contribution >= 4 is 18.0 Å². The maximum atomic E-state index is 12.7. The molecule has 1 unspecified atom stereocenters. The molecule has 2 amide bonds. The summed E-state index contributed by atoms with van der Waals surface area (Å²) in [6.07, 6.45) is 1.12. The van der Waals surface area contributed by atoms with Crippen LogP contribution in [0.25, 0.3) is 11.1 Å². The summed E-state index contributed by atoms with van der Waals surface area (Å²) >= 11 is 0. The highest BCUT2D eigenvalue weighted by atomic mass is 16.5. The second kappa shape index (κ2) is 9.12. The van der Waals surface area contributed by atoms with Crippen molar-refractivity contribution in [1.29, 1.82) is 0 Å². The third-order valence-corrected chi connectivity index (χ3v) is 6.81. The van der Waals surface area contributed by atoms with Crippen LogP contribution >= 0.6 is 0 Å². The maximum Gasteiger partial charge on any atom is 0.407 e. The number of rotatable bonds is 9. The number of ether oxygens (including phenoxy) is 1. The maximum absolute atomic E-state index is 12.7. The van der Waals surface area contributed by atoms with Crippen LogP contribution in [0.5, 0.6) is 0 Å². The molecule has 2 aliphatic carbocycles. The Morgan fingerprint density at radius 3 is 2.00 bits per heavy atom. The molecule has 2 aromatic carbocycles. The molecule has 1 fully saturated rings. The number of carbonyl (C=O) groups is 3. The van der Waals surface area contributed by atoms with E-state index in [0.717, 1.165) is 35.1 Å². The highest BCUT2D eigenvalue weighted by Gasteiger charge is 2.44. The van der Waals surface area contributed by atoms with Gasteiger partial charge in [0.1, 0.15) is 6.61 Å². The van der Waals surface area contributed by atoms with Crippen LogP contribution in [0.15, 0.2) is 48.5 Å². The summed E-state index contributed by atoms with van der Waals surface area (Å²) in [6, 6.07) is 16.3. The molecule has 0 saturated heterocycles. The van der Waals surface area contributed by atoms with Crippen LogP contribution in [0, 0.1) is 5.92 Å². The van der Waals surface area contributed by atoms with Crippen molar-refractivity contribution in [2.75, 3.05) is 6.61 Å². The summed E-state index contributed by atoms with van der Waals surface area (Å²) < 4.78 is 5.60. The molecule has 1 saturated carbocycles. The Morgan fingerprint density at radius 2 is 1.47 bits per heavy atom. The Labute approximate surface area is 199 Å². The number of carbonyl (C=O) groups excluding carboxylic acids is 2. The van der Waals surface area contributed by atoms with Gasteiger partial charge in [0.2, 0.25) is 5.91 Å². The summed E-state index contributed by atoms with van der Waals surface area (Å²) in [5, 5.41) is 14.9. The normalized spacial score (nSPS) is 16.7. The number of carboxylic acids is 1. The van der Waals surface area contributed by atoms with Gasteiger partial charge in [-0.1, -0.05) is 48.5 Å². The van der Waals surface area contributed by atoms with E-state index in [1.807, 2.05) is 24.3 Å². The van der Waals surface area contributed by atoms with Crippen LogP contribution in [0.3, 0.4) is 0 Å². The lowest BCUT2D eigenvalue weighted by molar-refractivity contribution is -0.139. The van der Waals surface area contributed by atoms with E-state index < -0.39 is 23.1 Å². The largest absolute Gasteiger partial charge is 0.481 e. The summed E-state index contributed by atoms with van der Waals surface area (Å²) in [5.74, 6) is -1.10. The van der Waals surface area contributed by atoms with Crippen molar-refractivity contribution in [1.82, 2.24) is 10.6 Å². The minimum atomic E-state index is -0.939. The molecule has 0 radical (unpaired) electrons. The zero-order valence-corrected chi connectivity index (χ0v) is 19.9. The molecule has 0 heterocycles. The molecule has 0 aromatic heterocycles. The summed E-state index contributed by atoms with van der Waals surface area (Å²) in [5.41, 5.74) is 2.94. The van der Waals surface area contributed by atoms with Crippen LogP contribution in [0.4, 0.5) is 4.79 Å². The average Bonchev–Trinajstić information content (AvgIpc) is 3.55. The van der Waals surface area contributed by atoms with Gasteiger partial charge in [-0.25, -0.2) is 4.79 Å². The van der Waals surface area contributed by atoms with Crippen molar-refractivity contribution in [2.24, 2.45) is 5.92 Å². The van der Waals surface area contributed by atoms with Gasteiger partial charge in [-0.2, -0.15) is 0 Å². The lowest BCUT2D eigenvalue weighted by Crippen LogP contribution is -2.53. The minimum absolute atomic E-state index is 0.0130. The average molecular weight is 465 g/mol. The molecule has 4 rings (SSSR count). The molecule has 34 heavy (non-hydrogen) atoms. The summed E-state index contributed by atoms with van der Waals surface area (Å²) in [6.45, 7) is 5.47. The van der Waals surface area contributed by atoms with E-state index in [1.165, 1.54) is 0 Å². The summed E-state index contributed by atoms with van der Waals surface area (Å²) in [4.78, 5) is 36.6. The Morgan fingerprint density at radius 1 is 0.912 bits per heavy atom. The number of aliphatic carboxylic acids is 1. The third-order valence-electron chi connectivity index (χ3n) is 6.81. The molecule has 7 heteroatoms. The van der Waals surface area contributed by atoms with Gasteiger partial charge >= 0.3 is 12.1 Å². The fourth-order valence-electron chi connectivity index (χ4n) is 5.04. The number of hydrogen-bond donors (Lipinski definition) is 3. The number of alkyl carbamates (subject to hydrolysis) is 1. The fraction of sp³-hybridized carbons (Fsp3) is 0.444. The van der Waals surface area contributed by atoms with Gasteiger partial charge in [0.15, 0.2) is 0 Å². The third kappa shape index (κ3) is 5.24. The standard InChI is InChI=1S/C27H32N2O5/c1-26(2,14-23(30)28-27(3,15-24(31)32)17-12-13-17)29-25(33)34-16-22-20-10-6-4-8-18(20)19-9-5-7-11-21(19)22/h4-11,17,22H,12-16H2,1-3H3,(H,28,30)(H,29,33)(H,31,32). The molecular weight excluding hydrogens is 432 g/mol. The van der Waals surface area contributed by atoms with Crippen molar-refractivity contribution in [2.45, 2.75) is 63.5 Å². The molecular formula is C27H32N2O5. The van der Waals surface area contributed by atoms with E-state index >= 15 is 0 Å². The molecule has 2 aliphatic rings. The van der Waals surface area contributed by atoms with E-state index in [4.69, 9.17) is 4.74 Å². The smallest absolute Gasteiger partial charge is 0.407 e. The van der Waals surface area contributed by atoms with Gasteiger partial charge in [0, 0.05) is 17.9 Å². The topological polar surface area (TPSA) is 105 Å². The quantitative estimate of drug-likeness (QED) is 0.508. The number of amides is 2. The lowest BCUT2D eigenvalue weighted by Gasteiger charge is -2.32. The second-order valence-electron chi connectivity index (χ2n) is 10.3. The number of fused-ring (bicyclic) bond motifs is 3. The zero-order valence-electron chi connectivity index (χ0n) is 19.9. The van der Waals surface area contributed by atoms with E-state index in [0.29, 0.717) is 0 Å². The lowest BCUT2D eigenvalue weighted by atomic mass is 9.90. The van der Waals surface area contributed by atoms with E-state index in [9.17, 15) is 19.5 Å². The van der Waals surface area contributed by atoms with Crippen molar-refractivity contribution in [3.8, 4) is 11.1 Å². The predicted molar refractivity (Wildman–Crippen MR) is 128 cm³/mol. The van der Waals surface area contributed by atoms with Crippen LogP contribution < -0.4 is 10.6 Å². The van der Waals surface area contributed by atoms with Crippen molar-refractivity contribution < 1.29 is 24.2 Å². The molecule has 3 N–H and O–H groups in total. The first kappa shape index (κ1) is 23.8. The van der Waals surface area contributed by atoms with Gasteiger partial charge in [0.05, 0.1) is 12.0 Å². The fourth-order valence-corrected chi connectivity index (χ4v) is 5.04. The molecule has 1 atom stereocenters. The highest BCUT2D eigenvalue weighted by molar-refractivity contribution is 5.81. The van der Waals surface area contributed by atoms with Gasteiger partial charge < -0.3 is 20.5 Å². The first-order valence-corrected chi connectivity index (χ1v) is 11.7. The zero-order chi connectivity index (χ0) is 24.5. The van der Waals surface area contributed by atoms with Crippen LogP contribution in [-0.2, 0) is 14.3 Å². The second-order valence-corrected chi connectivity index (χ2v) is 10.3. The Hall–Kier alpha value is -3.35. The Bertz CT molecular complexity index is 1060. The van der Waals surface area contributed by atoms with E-state index in [-0.39, 0.29) is 37.2 Å². The van der Waals surface area contributed by atoms with Gasteiger partial charge in [-0.3, -0.25) is 9.59 Å². The molecule has 0 spiro atoms. The predicted octanol–water partition coefficient (Wildman–Crippen LogP) is 4.45. The van der Waals surface area contributed by atoms with Crippen LogP contribution in [0.1, 0.15) is 63.5 Å². The monoisotopic (exact) mass is 464 g/mol. The Kier molecular flexibility index (Phi) is 6.39. The molecule has 180 valence electrons. The summed E-state index contributed by atoms with van der Waals surface area (Å²) in [7, 11) is 0. The first-order valence-electron chi connectivity index (χ1n) is 11.7. The van der Waals surface area contributed by atoms with Gasteiger partial charge in [0.25, 0.3) is 0 Å². The van der Waals surface area contributed by atoms with Crippen molar-refractivity contribution in [3.05, 3.63) is 59.7 Å². The number of carboxylic acid groups (broad SMARTS) is 1. The molecule has 0 aliphatic heterocycles.